The van der Waals surface area contributed by atoms with Gasteiger partial charge in [-0.1, -0.05) is 17.7 Å². The number of halogens is 1. The molecule has 6 nitrogen and oxygen atoms in total. The quantitative estimate of drug-likeness (QED) is 0.710. The summed E-state index contributed by atoms with van der Waals surface area (Å²) in [6.07, 6.45) is 1.45. The Hall–Kier alpha value is -3.56. The fourth-order valence-corrected chi connectivity index (χ4v) is 3.51. The average molecular weight is 392 g/mol. The van der Waals surface area contributed by atoms with Crippen molar-refractivity contribution < 1.29 is 14.0 Å². The largest absolute Gasteiger partial charge is 0.459 e. The normalized spacial score (nSPS) is 12.6. The Labute approximate surface area is 165 Å². The van der Waals surface area contributed by atoms with Gasteiger partial charge in [0, 0.05) is 22.4 Å². The van der Waals surface area contributed by atoms with Crippen molar-refractivity contribution in [3.63, 3.8) is 0 Å². The van der Waals surface area contributed by atoms with Crippen molar-refractivity contribution in [2.24, 2.45) is 0 Å². The Balaban J connectivity index is 1.59. The summed E-state index contributed by atoms with van der Waals surface area (Å²) in [4.78, 5) is 26.5. The topological polar surface area (TPSA) is 86.3 Å². The van der Waals surface area contributed by atoms with Crippen molar-refractivity contribution in [2.45, 2.75) is 13.5 Å². The molecule has 2 heterocycles. The van der Waals surface area contributed by atoms with E-state index in [2.05, 4.69) is 11.4 Å². The molecular weight excluding hydrogens is 378 g/mol. The van der Waals surface area contributed by atoms with Crippen molar-refractivity contribution in [1.82, 2.24) is 0 Å². The number of anilines is 2. The lowest BCUT2D eigenvalue weighted by Crippen LogP contribution is -2.23. The van der Waals surface area contributed by atoms with Crippen LogP contribution in [0.3, 0.4) is 0 Å². The van der Waals surface area contributed by atoms with E-state index in [4.69, 9.17) is 16.0 Å². The summed E-state index contributed by atoms with van der Waals surface area (Å²) in [5.41, 5.74) is 3.39. The molecule has 0 saturated carbocycles. The Morgan fingerprint density at radius 3 is 2.79 bits per heavy atom. The number of hydrogen-bond donors (Lipinski definition) is 1. The highest BCUT2D eigenvalue weighted by atomic mass is 35.5. The van der Waals surface area contributed by atoms with Gasteiger partial charge in [0.1, 0.15) is 0 Å². The van der Waals surface area contributed by atoms with Crippen LogP contribution in [-0.2, 0) is 6.54 Å². The molecule has 28 heavy (non-hydrogen) atoms. The first-order valence-corrected chi connectivity index (χ1v) is 8.86. The third-order valence-electron chi connectivity index (χ3n) is 4.65. The smallest absolute Gasteiger partial charge is 0.291 e. The van der Waals surface area contributed by atoms with Gasteiger partial charge >= 0.3 is 0 Å². The number of rotatable bonds is 3. The van der Waals surface area contributed by atoms with E-state index < -0.39 is 0 Å². The second-order valence-electron chi connectivity index (χ2n) is 6.39. The zero-order chi connectivity index (χ0) is 19.8. The lowest BCUT2D eigenvalue weighted by Gasteiger charge is -2.18. The predicted molar refractivity (Wildman–Crippen MR) is 105 cm³/mol. The van der Waals surface area contributed by atoms with Crippen molar-refractivity contribution in [2.75, 3.05) is 10.2 Å². The van der Waals surface area contributed by atoms with E-state index in [1.54, 1.807) is 49.4 Å². The molecule has 7 heteroatoms. The number of carbonyl (C=O) groups excluding carboxylic acids is 2. The van der Waals surface area contributed by atoms with Crippen LogP contribution in [0.1, 0.15) is 37.6 Å². The van der Waals surface area contributed by atoms with Crippen LogP contribution in [0.4, 0.5) is 11.4 Å². The number of carbonyl (C=O) groups is 2. The second kappa shape index (κ2) is 6.87. The summed E-state index contributed by atoms with van der Waals surface area (Å²) >= 11 is 6.40. The third kappa shape index (κ3) is 2.92. The lowest BCUT2D eigenvalue weighted by atomic mass is 10.0. The van der Waals surface area contributed by atoms with E-state index in [9.17, 15) is 14.9 Å². The molecule has 3 aromatic rings. The number of nitriles is 1. The Morgan fingerprint density at radius 2 is 2.11 bits per heavy atom. The molecule has 1 aliphatic rings. The van der Waals surface area contributed by atoms with Crippen LogP contribution in [0.25, 0.3) is 0 Å². The number of fused-ring (bicyclic) bond motifs is 1. The van der Waals surface area contributed by atoms with Gasteiger partial charge in [-0.15, -0.1) is 0 Å². The molecule has 0 aliphatic carbocycles. The number of nitrogens with one attached hydrogen (secondary N) is 1. The van der Waals surface area contributed by atoms with Crippen LogP contribution in [0.15, 0.2) is 53.1 Å². The average Bonchev–Trinajstić information content (AvgIpc) is 3.25. The first-order chi connectivity index (χ1) is 13.5. The molecule has 4 rings (SSSR count). The van der Waals surface area contributed by atoms with E-state index in [1.165, 1.54) is 11.2 Å². The molecule has 0 spiro atoms. The summed E-state index contributed by atoms with van der Waals surface area (Å²) < 4.78 is 5.18. The number of benzene rings is 2. The third-order valence-corrected chi connectivity index (χ3v) is 4.96. The highest BCUT2D eigenvalue weighted by molar-refractivity contribution is 6.34. The van der Waals surface area contributed by atoms with Crippen LogP contribution in [-0.4, -0.2) is 11.8 Å². The van der Waals surface area contributed by atoms with Gasteiger partial charge < -0.3 is 14.6 Å². The van der Waals surface area contributed by atoms with Crippen LogP contribution in [0.5, 0.6) is 0 Å². The Kier molecular flexibility index (Phi) is 4.38. The highest BCUT2D eigenvalue weighted by Gasteiger charge is 2.31. The van der Waals surface area contributed by atoms with Crippen LogP contribution >= 0.6 is 11.6 Å². The maximum Gasteiger partial charge on any atom is 0.291 e. The SMILES string of the molecule is Cc1ccoc1C(=O)Nc1ccc(N2Cc3c(C#N)cccc3C2=O)c(Cl)c1. The minimum atomic E-state index is -0.380. The molecule has 0 unspecified atom stereocenters. The number of furan rings is 1. The molecule has 0 atom stereocenters. The first-order valence-electron chi connectivity index (χ1n) is 8.48. The van der Waals surface area contributed by atoms with Gasteiger partial charge in [0.15, 0.2) is 5.76 Å². The molecular formula is C21H14ClN3O3. The molecule has 0 radical (unpaired) electrons. The molecule has 0 fully saturated rings. The van der Waals surface area contributed by atoms with Crippen molar-refractivity contribution in [3.05, 3.63) is 81.8 Å². The van der Waals surface area contributed by atoms with Gasteiger partial charge in [-0.2, -0.15) is 5.26 Å². The number of aryl methyl sites for hydroxylation is 1. The number of nitrogens with zero attached hydrogens (tertiary/aromatic N) is 2. The monoisotopic (exact) mass is 391 g/mol. The summed E-state index contributed by atoms with van der Waals surface area (Å²) in [6, 6.07) is 13.8. The fourth-order valence-electron chi connectivity index (χ4n) is 3.23. The van der Waals surface area contributed by atoms with Gasteiger partial charge in [-0.3, -0.25) is 9.59 Å². The van der Waals surface area contributed by atoms with E-state index in [1.807, 2.05) is 0 Å². The summed E-state index contributed by atoms with van der Waals surface area (Å²) in [5.74, 6) is -0.360. The molecule has 2 aromatic carbocycles. The van der Waals surface area contributed by atoms with Gasteiger partial charge in [-0.25, -0.2) is 0 Å². The zero-order valence-electron chi connectivity index (χ0n) is 14.8. The van der Waals surface area contributed by atoms with Crippen LogP contribution < -0.4 is 10.2 Å². The van der Waals surface area contributed by atoms with Gasteiger partial charge in [0.2, 0.25) is 0 Å². The molecule has 1 aromatic heterocycles. The lowest BCUT2D eigenvalue weighted by molar-refractivity contribution is 0.0988. The van der Waals surface area contributed by atoms with Crippen molar-refractivity contribution in [3.8, 4) is 6.07 Å². The highest BCUT2D eigenvalue weighted by Crippen LogP contribution is 2.35. The molecule has 2 amide bonds. The standard InChI is InChI=1S/C21H14ClN3O3/c1-12-7-8-28-19(12)20(26)24-14-5-6-18(17(22)9-14)25-11-16-13(10-23)3-2-4-15(16)21(25)27/h2-9H,11H2,1H3,(H,24,26). The summed E-state index contributed by atoms with van der Waals surface area (Å²) in [5, 5.41) is 12.3. The molecule has 138 valence electrons. The second-order valence-corrected chi connectivity index (χ2v) is 6.80. The van der Waals surface area contributed by atoms with Crippen molar-refractivity contribution in [1.29, 1.82) is 5.26 Å². The number of hydrogen-bond acceptors (Lipinski definition) is 4. The van der Waals surface area contributed by atoms with E-state index in [0.29, 0.717) is 33.1 Å². The Morgan fingerprint density at radius 1 is 1.29 bits per heavy atom. The minimum absolute atomic E-state index is 0.211. The van der Waals surface area contributed by atoms with Gasteiger partial charge in [0.05, 0.1) is 35.2 Å². The Bertz CT molecular complexity index is 1160. The molecule has 1 N–H and O–H groups in total. The van der Waals surface area contributed by atoms with Crippen LogP contribution in [0, 0.1) is 18.3 Å². The van der Waals surface area contributed by atoms with Crippen molar-refractivity contribution >= 4 is 34.8 Å². The van der Waals surface area contributed by atoms with E-state index >= 15 is 0 Å². The first kappa shape index (κ1) is 17.8. The van der Waals surface area contributed by atoms with E-state index in [-0.39, 0.29) is 24.1 Å². The molecule has 0 saturated heterocycles. The minimum Gasteiger partial charge on any atom is -0.459 e. The predicted octanol–water partition coefficient (Wildman–Crippen LogP) is 4.53. The van der Waals surface area contributed by atoms with Gasteiger partial charge in [0.25, 0.3) is 11.8 Å². The molecule has 1 aliphatic heterocycles. The summed E-state index contributed by atoms with van der Waals surface area (Å²) in [6.45, 7) is 2.05. The fraction of sp³-hybridized carbons (Fsp3) is 0.0952. The maximum absolute atomic E-state index is 12.7. The summed E-state index contributed by atoms with van der Waals surface area (Å²) in [7, 11) is 0. The molecule has 0 bridgehead atoms. The zero-order valence-corrected chi connectivity index (χ0v) is 15.6. The number of amides is 2. The van der Waals surface area contributed by atoms with Crippen LogP contribution in [0.2, 0.25) is 5.02 Å². The van der Waals surface area contributed by atoms with E-state index in [0.717, 1.165) is 5.56 Å². The van der Waals surface area contributed by atoms with Gasteiger partial charge in [-0.05, 0) is 43.3 Å². The maximum atomic E-state index is 12.7.